The zero-order chi connectivity index (χ0) is 22.1. The van der Waals surface area contributed by atoms with Gasteiger partial charge in [-0.05, 0) is 44.0 Å². The third kappa shape index (κ3) is 4.14. The van der Waals surface area contributed by atoms with Crippen LogP contribution in [0, 0.1) is 6.92 Å². The summed E-state index contributed by atoms with van der Waals surface area (Å²) in [7, 11) is -3.52. The largest absolute Gasteiger partial charge is 0.593 e. The van der Waals surface area contributed by atoms with Crippen molar-refractivity contribution >= 4 is 21.9 Å². The standard InChI is InChI=1S/C23H24N6O2S/c1-17-7-9-20(10-8-17)32(30,31)27-19-13-15-28(16-14-19)22-12-11-21-24-25-23(29(21)26-22)18-5-3-2-4-6-18/h2-12,19H,13-16H2,1H3,(H-,27,30,31). The topological polar surface area (TPSA) is 98.5 Å². The predicted octanol–water partition coefficient (Wildman–Crippen LogP) is 3.26. The predicted molar refractivity (Wildman–Crippen MR) is 123 cm³/mol. The van der Waals surface area contributed by atoms with Gasteiger partial charge in [-0.1, -0.05) is 52.2 Å². The molecule has 1 fully saturated rings. The molecule has 0 bridgehead atoms. The van der Waals surface area contributed by atoms with Gasteiger partial charge in [0.1, 0.15) is 5.82 Å². The van der Waals surface area contributed by atoms with Crippen molar-refractivity contribution in [2.45, 2.75) is 30.7 Å². The number of nitrogens with zero attached hydrogens (tertiary/aromatic N) is 5. The first-order valence-corrected chi connectivity index (χ1v) is 12.1. The van der Waals surface area contributed by atoms with E-state index in [0.29, 0.717) is 42.3 Å². The van der Waals surface area contributed by atoms with E-state index in [-0.39, 0.29) is 6.04 Å². The first-order chi connectivity index (χ1) is 15.5. The Morgan fingerprint density at radius 1 is 0.969 bits per heavy atom. The van der Waals surface area contributed by atoms with Gasteiger partial charge < -0.3 is 9.45 Å². The lowest BCUT2D eigenvalue weighted by Gasteiger charge is -2.33. The van der Waals surface area contributed by atoms with Crippen LogP contribution in [0.3, 0.4) is 0 Å². The molecule has 0 spiro atoms. The highest BCUT2D eigenvalue weighted by molar-refractivity contribution is 7.95. The summed E-state index contributed by atoms with van der Waals surface area (Å²) in [6, 6.07) is 20.5. The molecule has 32 heavy (non-hydrogen) atoms. The van der Waals surface area contributed by atoms with Crippen molar-refractivity contribution in [2.24, 2.45) is 0 Å². The lowest BCUT2D eigenvalue weighted by atomic mass is 10.1. The normalized spacial score (nSPS) is 16.9. The summed E-state index contributed by atoms with van der Waals surface area (Å²) in [6.07, 6.45) is 1.41. The van der Waals surface area contributed by atoms with Crippen LogP contribution < -0.4 is 9.62 Å². The quantitative estimate of drug-likeness (QED) is 0.471. The average Bonchev–Trinajstić information content (AvgIpc) is 3.23. The van der Waals surface area contributed by atoms with E-state index in [0.717, 1.165) is 16.9 Å². The molecule has 1 saturated heterocycles. The van der Waals surface area contributed by atoms with Crippen molar-refractivity contribution < 1.29 is 8.76 Å². The number of benzene rings is 2. The fourth-order valence-corrected chi connectivity index (χ4v) is 5.25. The van der Waals surface area contributed by atoms with Crippen LogP contribution in [0.5, 0.6) is 0 Å². The fraction of sp³-hybridized carbons (Fsp3) is 0.261. The second-order valence-electron chi connectivity index (χ2n) is 8.05. The van der Waals surface area contributed by atoms with Gasteiger partial charge in [0.25, 0.3) is 0 Å². The minimum Gasteiger partial charge on any atom is -0.593 e. The number of sulfonamides is 1. The van der Waals surface area contributed by atoms with Crippen LogP contribution in [-0.4, -0.2) is 43.5 Å². The number of hydrogen-bond acceptors (Lipinski definition) is 6. The van der Waals surface area contributed by atoms with Crippen molar-refractivity contribution in [2.75, 3.05) is 18.0 Å². The molecule has 1 N–H and O–H groups in total. The number of piperidine rings is 1. The molecule has 0 saturated carbocycles. The van der Waals surface area contributed by atoms with E-state index in [1.807, 2.05) is 61.5 Å². The molecule has 1 unspecified atom stereocenters. The van der Waals surface area contributed by atoms with Crippen molar-refractivity contribution in [3.05, 3.63) is 72.3 Å². The lowest BCUT2D eigenvalue weighted by molar-refractivity contribution is 0.417. The van der Waals surface area contributed by atoms with Crippen LogP contribution in [0.4, 0.5) is 5.82 Å². The van der Waals surface area contributed by atoms with Gasteiger partial charge in [0, 0.05) is 18.7 Å². The maximum Gasteiger partial charge on any atom is 0.185 e. The molecule has 164 valence electrons. The van der Waals surface area contributed by atoms with E-state index in [1.165, 1.54) is 0 Å². The molecule has 5 rings (SSSR count). The van der Waals surface area contributed by atoms with E-state index >= 15 is 0 Å². The van der Waals surface area contributed by atoms with Crippen molar-refractivity contribution in [3.63, 3.8) is 0 Å². The van der Waals surface area contributed by atoms with E-state index in [1.54, 1.807) is 16.6 Å². The molecule has 8 nitrogen and oxygen atoms in total. The van der Waals surface area contributed by atoms with Crippen molar-refractivity contribution in [1.29, 1.82) is 0 Å². The maximum atomic E-state index is 12.7. The summed E-state index contributed by atoms with van der Waals surface area (Å²) >= 11 is 0. The molecule has 1 aliphatic heterocycles. The Hall–Kier alpha value is -3.14. The Morgan fingerprint density at radius 2 is 1.69 bits per heavy atom. The molecule has 3 heterocycles. The van der Waals surface area contributed by atoms with Crippen LogP contribution in [0.15, 0.2) is 71.6 Å². The summed E-state index contributed by atoms with van der Waals surface area (Å²) in [5.41, 5.74) is 2.67. The number of aryl methyl sites for hydroxylation is 1. The molecule has 0 amide bonds. The van der Waals surface area contributed by atoms with Crippen LogP contribution in [0.2, 0.25) is 0 Å². The molecule has 2 aromatic carbocycles. The molecule has 9 heteroatoms. The van der Waals surface area contributed by atoms with E-state index in [2.05, 4.69) is 19.8 Å². The summed E-state index contributed by atoms with van der Waals surface area (Å²) < 4.78 is 30.0. The van der Waals surface area contributed by atoms with Gasteiger partial charge in [0.2, 0.25) is 0 Å². The Bertz CT molecular complexity index is 1270. The second-order valence-corrected chi connectivity index (χ2v) is 9.76. The lowest BCUT2D eigenvalue weighted by Crippen LogP contribution is -2.46. The number of fused-ring (bicyclic) bond motifs is 1. The Morgan fingerprint density at radius 3 is 2.41 bits per heavy atom. The van der Waals surface area contributed by atoms with Gasteiger partial charge in [-0.2, -0.15) is 4.52 Å². The molecule has 4 aromatic rings. The number of nitrogens with one attached hydrogen (secondary N) is 1. The van der Waals surface area contributed by atoms with Gasteiger partial charge in [-0.25, -0.2) is 0 Å². The average molecular weight is 449 g/mol. The SMILES string of the molecule is Cc1ccc([S+](=O)([O-])NC2CCN(c3ccc4nnc(-c5ccccc5)n4n3)CC2)cc1. The summed E-state index contributed by atoms with van der Waals surface area (Å²) in [6.45, 7) is 3.36. The summed E-state index contributed by atoms with van der Waals surface area (Å²) in [4.78, 5) is 2.48. The Kier molecular flexibility index (Phi) is 5.46. The van der Waals surface area contributed by atoms with Crippen LogP contribution in [0.1, 0.15) is 18.4 Å². The molecular weight excluding hydrogens is 424 g/mol. The minimum absolute atomic E-state index is 0.101. The van der Waals surface area contributed by atoms with E-state index < -0.39 is 10.4 Å². The van der Waals surface area contributed by atoms with Gasteiger partial charge in [-0.15, -0.1) is 20.0 Å². The minimum atomic E-state index is -3.52. The van der Waals surface area contributed by atoms with Gasteiger partial charge in [-0.3, -0.25) is 0 Å². The van der Waals surface area contributed by atoms with Crippen LogP contribution in [-0.2, 0) is 14.6 Å². The third-order valence-corrected chi connectivity index (χ3v) is 7.29. The molecule has 0 radical (unpaired) electrons. The monoisotopic (exact) mass is 448 g/mol. The van der Waals surface area contributed by atoms with Crippen molar-refractivity contribution in [1.82, 2.24) is 24.5 Å². The number of aromatic nitrogens is 4. The fourth-order valence-electron chi connectivity index (χ4n) is 3.95. The molecule has 2 aromatic heterocycles. The zero-order valence-corrected chi connectivity index (χ0v) is 18.5. The van der Waals surface area contributed by atoms with Gasteiger partial charge in [0.05, 0.1) is 6.04 Å². The number of hydrogen-bond donors (Lipinski definition) is 1. The molecular formula is C23H24N6O2S. The third-order valence-electron chi connectivity index (χ3n) is 5.75. The van der Waals surface area contributed by atoms with E-state index in [4.69, 9.17) is 5.10 Å². The van der Waals surface area contributed by atoms with Crippen LogP contribution in [0.25, 0.3) is 17.0 Å². The summed E-state index contributed by atoms with van der Waals surface area (Å²) in [5.74, 6) is 1.53. The smallest absolute Gasteiger partial charge is 0.185 e. The van der Waals surface area contributed by atoms with Gasteiger partial charge in [0.15, 0.2) is 26.8 Å². The maximum absolute atomic E-state index is 12.7. The second kappa shape index (κ2) is 8.42. The number of rotatable bonds is 5. The highest BCUT2D eigenvalue weighted by atomic mass is 32.3. The number of anilines is 1. The van der Waals surface area contributed by atoms with Crippen molar-refractivity contribution in [3.8, 4) is 11.4 Å². The highest BCUT2D eigenvalue weighted by Crippen LogP contribution is 2.23. The molecule has 0 aliphatic carbocycles. The Labute approximate surface area is 187 Å². The summed E-state index contributed by atoms with van der Waals surface area (Å²) in [5, 5.41) is 13.3. The highest BCUT2D eigenvalue weighted by Gasteiger charge is 2.29. The van der Waals surface area contributed by atoms with Crippen LogP contribution >= 0.6 is 0 Å². The van der Waals surface area contributed by atoms with E-state index in [9.17, 15) is 8.76 Å². The van der Waals surface area contributed by atoms with Gasteiger partial charge >= 0.3 is 0 Å². The first kappa shape index (κ1) is 20.7. The first-order valence-electron chi connectivity index (χ1n) is 10.6. The molecule has 1 atom stereocenters. The Balaban J connectivity index is 1.29. The zero-order valence-electron chi connectivity index (χ0n) is 17.7. The molecule has 1 aliphatic rings.